The minimum absolute atomic E-state index is 1.03. The molecule has 1 aromatic heterocycles. The van der Waals surface area contributed by atoms with E-state index in [0.29, 0.717) is 0 Å². The molecule has 0 unspecified atom stereocenters. The van der Waals surface area contributed by atoms with Gasteiger partial charge in [-0.3, -0.25) is 5.10 Å². The second-order valence-electron chi connectivity index (χ2n) is 5.42. The van der Waals surface area contributed by atoms with Crippen molar-refractivity contribution in [1.82, 2.24) is 20.3 Å². The lowest BCUT2D eigenvalue weighted by molar-refractivity contribution is 0.268. The highest BCUT2D eigenvalue weighted by molar-refractivity contribution is 5.77. The largest absolute Gasteiger partial charge is 0.303 e. The van der Waals surface area contributed by atoms with Crippen LogP contribution in [0.2, 0.25) is 0 Å². The molecule has 0 fully saturated rings. The minimum Gasteiger partial charge on any atom is -0.303 e. The van der Waals surface area contributed by atoms with Gasteiger partial charge in [0.1, 0.15) is 5.52 Å². The van der Waals surface area contributed by atoms with E-state index in [1.165, 1.54) is 44.3 Å². The third kappa shape index (κ3) is 4.04. The summed E-state index contributed by atoms with van der Waals surface area (Å²) in [5, 5.41) is 11.0. The lowest BCUT2D eigenvalue weighted by Crippen LogP contribution is -2.28. The van der Waals surface area contributed by atoms with Crippen LogP contribution >= 0.6 is 0 Å². The molecule has 2 aromatic rings. The summed E-state index contributed by atoms with van der Waals surface area (Å²) in [5.41, 5.74) is 3.36. The van der Waals surface area contributed by atoms with Crippen LogP contribution in [0.1, 0.15) is 45.1 Å². The van der Waals surface area contributed by atoms with Gasteiger partial charge in [0.2, 0.25) is 0 Å². The van der Waals surface area contributed by atoms with Crippen LogP contribution in [0.4, 0.5) is 0 Å². The molecule has 2 rings (SSSR count). The third-order valence-corrected chi connectivity index (χ3v) is 3.79. The zero-order valence-corrected chi connectivity index (χ0v) is 12.7. The Balaban J connectivity index is 1.95. The lowest BCUT2D eigenvalue weighted by atomic mass is 10.1. The van der Waals surface area contributed by atoms with Gasteiger partial charge in [0.25, 0.3) is 0 Å². The molecular formula is C16H26N4. The number of aromatic amines is 1. The summed E-state index contributed by atoms with van der Waals surface area (Å²) < 4.78 is 0. The second-order valence-corrected chi connectivity index (χ2v) is 5.42. The van der Waals surface area contributed by atoms with Crippen molar-refractivity contribution < 1.29 is 0 Å². The van der Waals surface area contributed by atoms with Gasteiger partial charge in [-0.2, -0.15) is 0 Å². The molecule has 0 aliphatic heterocycles. The van der Waals surface area contributed by atoms with Crippen LogP contribution < -0.4 is 0 Å². The average Bonchev–Trinajstić information content (AvgIpc) is 2.95. The number of nitrogens with one attached hydrogen (secondary N) is 1. The summed E-state index contributed by atoms with van der Waals surface area (Å²) in [6.45, 7) is 8.06. The first-order valence-corrected chi connectivity index (χ1v) is 7.86. The molecule has 0 amide bonds. The van der Waals surface area contributed by atoms with E-state index >= 15 is 0 Å². The number of nitrogens with zero attached hydrogens (tertiary/aromatic N) is 3. The van der Waals surface area contributed by atoms with Crippen LogP contribution in [-0.4, -0.2) is 39.9 Å². The minimum atomic E-state index is 1.03. The van der Waals surface area contributed by atoms with E-state index in [4.69, 9.17) is 0 Å². The maximum absolute atomic E-state index is 4.20. The molecule has 1 N–H and O–H groups in total. The first-order valence-electron chi connectivity index (χ1n) is 7.86. The molecule has 4 nitrogen and oxygen atoms in total. The quantitative estimate of drug-likeness (QED) is 0.762. The molecule has 0 bridgehead atoms. The van der Waals surface area contributed by atoms with E-state index in [1.54, 1.807) is 0 Å². The topological polar surface area (TPSA) is 44.8 Å². The number of aromatic nitrogens is 3. The fourth-order valence-electron chi connectivity index (χ4n) is 2.51. The summed E-state index contributed by atoms with van der Waals surface area (Å²) >= 11 is 0. The fourth-order valence-corrected chi connectivity index (χ4v) is 2.51. The summed E-state index contributed by atoms with van der Waals surface area (Å²) in [5.74, 6) is 0. The zero-order chi connectivity index (χ0) is 14.2. The molecule has 0 saturated heterocycles. The number of hydrogen-bond donors (Lipinski definition) is 1. The normalized spacial score (nSPS) is 11.6. The molecule has 1 heterocycles. The van der Waals surface area contributed by atoms with Crippen LogP contribution in [0.25, 0.3) is 11.0 Å². The molecule has 0 spiro atoms. The summed E-state index contributed by atoms with van der Waals surface area (Å²) in [6.07, 6.45) is 6.16. The van der Waals surface area contributed by atoms with Gasteiger partial charge in [0, 0.05) is 6.54 Å². The van der Waals surface area contributed by atoms with Gasteiger partial charge in [0.05, 0.1) is 5.52 Å². The Labute approximate surface area is 121 Å². The molecule has 0 saturated carbocycles. The smallest absolute Gasteiger partial charge is 0.116 e. The monoisotopic (exact) mass is 274 g/mol. The molecule has 0 aliphatic carbocycles. The van der Waals surface area contributed by atoms with Gasteiger partial charge in [-0.25, -0.2) is 0 Å². The predicted octanol–water partition coefficient (Wildman–Crippen LogP) is 3.40. The lowest BCUT2D eigenvalue weighted by Gasteiger charge is -2.21. The van der Waals surface area contributed by atoms with E-state index in [9.17, 15) is 0 Å². The zero-order valence-electron chi connectivity index (χ0n) is 12.7. The highest BCUT2D eigenvalue weighted by Gasteiger charge is 2.08. The van der Waals surface area contributed by atoms with Gasteiger partial charge in [-0.05, 0) is 44.0 Å². The maximum Gasteiger partial charge on any atom is 0.116 e. The summed E-state index contributed by atoms with van der Waals surface area (Å²) in [7, 11) is 0. The highest BCUT2D eigenvalue weighted by Crippen LogP contribution is 2.14. The predicted molar refractivity (Wildman–Crippen MR) is 83.8 cm³/mol. The molecule has 0 radical (unpaired) electrons. The second kappa shape index (κ2) is 8.00. The van der Waals surface area contributed by atoms with Gasteiger partial charge < -0.3 is 4.90 Å². The maximum atomic E-state index is 4.20. The van der Waals surface area contributed by atoms with Gasteiger partial charge in [-0.1, -0.05) is 44.0 Å². The number of H-pyrrole nitrogens is 1. The average molecular weight is 274 g/mol. The standard InChI is InChI=1S/C16H26N4/c1-3-5-11-20(12-6-4-2)13-10-14-8-7-9-15-16(14)18-19-17-15/h7-9H,3-6,10-13H2,1-2H3,(H,17,18,19). The number of hydrogen-bond acceptors (Lipinski definition) is 3. The van der Waals surface area contributed by atoms with Crippen LogP contribution in [0, 0.1) is 0 Å². The van der Waals surface area contributed by atoms with Crippen molar-refractivity contribution in [3.8, 4) is 0 Å². The Bertz CT molecular complexity index is 498. The van der Waals surface area contributed by atoms with Crippen LogP contribution in [0.3, 0.4) is 0 Å². The number of rotatable bonds is 9. The molecular weight excluding hydrogens is 248 g/mol. The molecule has 1 aromatic carbocycles. The fraction of sp³-hybridized carbons (Fsp3) is 0.625. The van der Waals surface area contributed by atoms with E-state index in [-0.39, 0.29) is 0 Å². The first-order chi connectivity index (χ1) is 9.85. The van der Waals surface area contributed by atoms with E-state index in [2.05, 4.69) is 46.3 Å². The van der Waals surface area contributed by atoms with Crippen molar-refractivity contribution in [3.05, 3.63) is 23.8 Å². The van der Waals surface area contributed by atoms with Crippen molar-refractivity contribution in [1.29, 1.82) is 0 Å². The number of unbranched alkanes of at least 4 members (excludes halogenated alkanes) is 2. The Morgan fingerprint density at radius 2 is 1.80 bits per heavy atom. The number of benzene rings is 1. The van der Waals surface area contributed by atoms with E-state index < -0.39 is 0 Å². The molecule has 4 heteroatoms. The molecule has 0 atom stereocenters. The van der Waals surface area contributed by atoms with Crippen molar-refractivity contribution in [2.45, 2.75) is 46.0 Å². The summed E-state index contributed by atoms with van der Waals surface area (Å²) in [6, 6.07) is 6.29. The van der Waals surface area contributed by atoms with Gasteiger partial charge >= 0.3 is 0 Å². The van der Waals surface area contributed by atoms with E-state index in [0.717, 1.165) is 24.0 Å². The van der Waals surface area contributed by atoms with Crippen LogP contribution in [0.15, 0.2) is 18.2 Å². The van der Waals surface area contributed by atoms with Crippen molar-refractivity contribution in [2.75, 3.05) is 19.6 Å². The molecule has 0 aliphatic rings. The van der Waals surface area contributed by atoms with Crippen molar-refractivity contribution >= 4 is 11.0 Å². The van der Waals surface area contributed by atoms with E-state index in [1.807, 2.05) is 6.07 Å². The first kappa shape index (κ1) is 15.0. The third-order valence-electron chi connectivity index (χ3n) is 3.79. The highest BCUT2D eigenvalue weighted by atomic mass is 15.3. The van der Waals surface area contributed by atoms with Crippen LogP contribution in [-0.2, 0) is 6.42 Å². The van der Waals surface area contributed by atoms with Crippen LogP contribution in [0.5, 0.6) is 0 Å². The van der Waals surface area contributed by atoms with Gasteiger partial charge in [0.15, 0.2) is 0 Å². The molecule has 20 heavy (non-hydrogen) atoms. The summed E-state index contributed by atoms with van der Waals surface area (Å²) in [4.78, 5) is 2.59. The SMILES string of the molecule is CCCCN(CCCC)CCc1cccc2[nH]nnc12. The van der Waals surface area contributed by atoms with Gasteiger partial charge in [-0.15, -0.1) is 5.10 Å². The Kier molecular flexibility index (Phi) is 5.99. The Hall–Kier alpha value is -1.42. The Morgan fingerprint density at radius 1 is 1.05 bits per heavy atom. The van der Waals surface area contributed by atoms with Crippen molar-refractivity contribution in [3.63, 3.8) is 0 Å². The molecule has 110 valence electrons. The number of fused-ring (bicyclic) bond motifs is 1. The van der Waals surface area contributed by atoms with Crippen molar-refractivity contribution in [2.24, 2.45) is 0 Å². The Morgan fingerprint density at radius 3 is 2.50 bits per heavy atom.